The number of nitrogens with zero attached hydrogens (tertiary/aromatic N) is 4. The number of benzene rings is 1. The van der Waals surface area contributed by atoms with Crippen molar-refractivity contribution in [1.29, 1.82) is 0 Å². The summed E-state index contributed by atoms with van der Waals surface area (Å²) in [6.45, 7) is 2.99. The van der Waals surface area contributed by atoms with E-state index < -0.39 is 0 Å². The van der Waals surface area contributed by atoms with Gasteiger partial charge in [0.2, 0.25) is 5.95 Å². The summed E-state index contributed by atoms with van der Waals surface area (Å²) in [4.78, 5) is 22.1. The van der Waals surface area contributed by atoms with E-state index in [1.807, 2.05) is 6.20 Å². The highest BCUT2D eigenvalue weighted by molar-refractivity contribution is 9.10. The molecule has 8 nitrogen and oxygen atoms in total. The second kappa shape index (κ2) is 8.35. The Morgan fingerprint density at radius 2 is 2.03 bits per heavy atom. The Labute approximate surface area is 182 Å². The first-order valence-corrected chi connectivity index (χ1v) is 10.9. The van der Waals surface area contributed by atoms with Crippen LogP contribution in [0.25, 0.3) is 10.9 Å². The van der Waals surface area contributed by atoms with Crippen LogP contribution in [0.5, 0.6) is 0 Å². The molecule has 5 rings (SSSR count). The van der Waals surface area contributed by atoms with E-state index in [0.717, 1.165) is 53.2 Å². The second-order valence-corrected chi connectivity index (χ2v) is 8.27. The zero-order chi connectivity index (χ0) is 20.3. The molecule has 0 spiro atoms. The molecule has 0 unspecified atom stereocenters. The van der Waals surface area contributed by atoms with E-state index in [4.69, 9.17) is 0 Å². The quantitative estimate of drug-likeness (QED) is 0.321. The minimum atomic E-state index is 0.549. The van der Waals surface area contributed by atoms with Gasteiger partial charge in [0.25, 0.3) is 0 Å². The van der Waals surface area contributed by atoms with Crippen molar-refractivity contribution in [1.82, 2.24) is 24.9 Å². The van der Waals surface area contributed by atoms with Crippen LogP contribution < -0.4 is 15.5 Å². The molecule has 0 amide bonds. The molecule has 30 heavy (non-hydrogen) atoms. The standard InChI is InChI=1S/C21H23BrN8/c22-17-12-25-21(29-20(17)24-6-5-16-11-23-13-26-16)27-15-4-3-14-9-19(28-18(14)10-15)30-7-1-2-8-30/h3-4,9-13,28H,1-2,5-8H2,(H,23,26)(H2,24,25,27,29). The monoisotopic (exact) mass is 466 g/mol. The fourth-order valence-corrected chi connectivity index (χ4v) is 4.07. The lowest BCUT2D eigenvalue weighted by atomic mass is 10.2. The van der Waals surface area contributed by atoms with Gasteiger partial charge in [0.05, 0.1) is 10.8 Å². The zero-order valence-corrected chi connectivity index (χ0v) is 18.0. The van der Waals surface area contributed by atoms with Crippen LogP contribution in [0.3, 0.4) is 0 Å². The van der Waals surface area contributed by atoms with Gasteiger partial charge in [0, 0.05) is 60.7 Å². The second-order valence-electron chi connectivity index (χ2n) is 7.42. The third kappa shape index (κ3) is 4.11. The predicted octanol–water partition coefficient (Wildman–Crippen LogP) is 4.44. The maximum absolute atomic E-state index is 4.61. The predicted molar refractivity (Wildman–Crippen MR) is 124 cm³/mol. The number of halogens is 1. The molecule has 4 heterocycles. The van der Waals surface area contributed by atoms with Crippen molar-refractivity contribution < 1.29 is 0 Å². The number of aromatic amines is 2. The smallest absolute Gasteiger partial charge is 0.229 e. The van der Waals surface area contributed by atoms with E-state index in [1.54, 1.807) is 12.5 Å². The molecule has 4 aromatic rings. The molecule has 0 radical (unpaired) electrons. The van der Waals surface area contributed by atoms with Gasteiger partial charge in [-0.25, -0.2) is 9.97 Å². The summed E-state index contributed by atoms with van der Waals surface area (Å²) in [6.07, 6.45) is 8.64. The molecular formula is C21H23BrN8. The van der Waals surface area contributed by atoms with Crippen LogP contribution >= 0.6 is 15.9 Å². The van der Waals surface area contributed by atoms with Crippen LogP contribution in [0.4, 0.5) is 23.3 Å². The topological polar surface area (TPSA) is 97.6 Å². The van der Waals surface area contributed by atoms with Gasteiger partial charge in [0.15, 0.2) is 0 Å². The number of fused-ring (bicyclic) bond motifs is 1. The van der Waals surface area contributed by atoms with Crippen LogP contribution in [0.15, 0.2) is 47.5 Å². The fourth-order valence-electron chi connectivity index (χ4n) is 3.74. The lowest BCUT2D eigenvalue weighted by Crippen LogP contribution is -2.17. The van der Waals surface area contributed by atoms with Crippen molar-refractivity contribution in [2.24, 2.45) is 0 Å². The molecule has 1 aliphatic heterocycles. The van der Waals surface area contributed by atoms with E-state index in [1.165, 1.54) is 24.0 Å². The van der Waals surface area contributed by atoms with Crippen LogP contribution in [0, 0.1) is 0 Å². The molecule has 154 valence electrons. The molecule has 1 fully saturated rings. The molecular weight excluding hydrogens is 444 g/mol. The molecule has 0 saturated carbocycles. The van der Waals surface area contributed by atoms with Crippen molar-refractivity contribution >= 4 is 50.1 Å². The van der Waals surface area contributed by atoms with Gasteiger partial charge in [-0.05, 0) is 47.0 Å². The van der Waals surface area contributed by atoms with Crippen LogP contribution in [-0.4, -0.2) is 44.6 Å². The fraction of sp³-hybridized carbons (Fsp3) is 0.286. The van der Waals surface area contributed by atoms with Crippen LogP contribution in [0.1, 0.15) is 18.5 Å². The molecule has 1 aliphatic rings. The lowest BCUT2D eigenvalue weighted by Gasteiger charge is -2.14. The van der Waals surface area contributed by atoms with E-state index in [-0.39, 0.29) is 0 Å². The molecule has 4 N–H and O–H groups in total. The molecule has 0 bridgehead atoms. The van der Waals surface area contributed by atoms with E-state index in [9.17, 15) is 0 Å². The SMILES string of the molecule is Brc1cnc(Nc2ccc3cc(N4CCCC4)[nH]c3c2)nc1NCCc1cnc[nH]1. The summed E-state index contributed by atoms with van der Waals surface area (Å²) >= 11 is 3.52. The summed E-state index contributed by atoms with van der Waals surface area (Å²) in [5.41, 5.74) is 3.14. The first-order valence-electron chi connectivity index (χ1n) is 10.1. The molecule has 9 heteroatoms. The van der Waals surface area contributed by atoms with Gasteiger partial charge in [-0.3, -0.25) is 0 Å². The Kier molecular flexibility index (Phi) is 5.27. The minimum absolute atomic E-state index is 0.549. The summed E-state index contributed by atoms with van der Waals surface area (Å²) in [7, 11) is 0. The number of rotatable bonds is 7. The van der Waals surface area contributed by atoms with E-state index >= 15 is 0 Å². The molecule has 3 aromatic heterocycles. The van der Waals surface area contributed by atoms with Crippen molar-refractivity contribution in [2.75, 3.05) is 35.2 Å². The Morgan fingerprint density at radius 1 is 1.13 bits per heavy atom. The van der Waals surface area contributed by atoms with E-state index in [0.29, 0.717) is 5.95 Å². The van der Waals surface area contributed by atoms with Crippen molar-refractivity contribution in [3.05, 3.63) is 53.2 Å². The van der Waals surface area contributed by atoms with Crippen LogP contribution in [-0.2, 0) is 6.42 Å². The number of H-pyrrole nitrogens is 2. The average Bonchev–Trinajstić information content (AvgIpc) is 3.51. The number of hydrogen-bond donors (Lipinski definition) is 4. The number of aromatic nitrogens is 5. The van der Waals surface area contributed by atoms with E-state index in [2.05, 4.69) is 80.6 Å². The Hall–Kier alpha value is -3.07. The largest absolute Gasteiger partial charge is 0.369 e. The first kappa shape index (κ1) is 18.9. The number of nitrogens with one attached hydrogen (secondary N) is 4. The molecule has 1 saturated heterocycles. The van der Waals surface area contributed by atoms with Crippen LogP contribution in [0.2, 0.25) is 0 Å². The molecule has 0 aliphatic carbocycles. The summed E-state index contributed by atoms with van der Waals surface area (Å²) in [5.74, 6) is 2.50. The van der Waals surface area contributed by atoms with Gasteiger partial charge >= 0.3 is 0 Å². The van der Waals surface area contributed by atoms with Crippen molar-refractivity contribution in [3.63, 3.8) is 0 Å². The Morgan fingerprint density at radius 3 is 2.87 bits per heavy atom. The van der Waals surface area contributed by atoms with Gasteiger partial charge in [0.1, 0.15) is 11.6 Å². The number of anilines is 4. The Balaban J connectivity index is 1.29. The first-order chi connectivity index (χ1) is 14.7. The van der Waals surface area contributed by atoms with Gasteiger partial charge < -0.3 is 25.5 Å². The van der Waals surface area contributed by atoms with Crippen molar-refractivity contribution in [3.8, 4) is 0 Å². The minimum Gasteiger partial charge on any atom is -0.369 e. The highest BCUT2D eigenvalue weighted by Gasteiger charge is 2.14. The summed E-state index contributed by atoms with van der Waals surface area (Å²) < 4.78 is 0.827. The third-order valence-corrected chi connectivity index (χ3v) is 5.88. The van der Waals surface area contributed by atoms with Crippen molar-refractivity contribution in [2.45, 2.75) is 19.3 Å². The summed E-state index contributed by atoms with van der Waals surface area (Å²) in [6, 6.07) is 8.50. The summed E-state index contributed by atoms with van der Waals surface area (Å²) in [5, 5.41) is 7.87. The van der Waals surface area contributed by atoms with Gasteiger partial charge in [-0.2, -0.15) is 4.98 Å². The van der Waals surface area contributed by atoms with Gasteiger partial charge in [-0.1, -0.05) is 6.07 Å². The molecule has 0 atom stereocenters. The Bertz CT molecular complexity index is 1130. The zero-order valence-electron chi connectivity index (χ0n) is 16.5. The number of imidazole rings is 1. The highest BCUT2D eigenvalue weighted by atomic mass is 79.9. The number of hydrogen-bond acceptors (Lipinski definition) is 6. The normalized spacial score (nSPS) is 13.8. The highest BCUT2D eigenvalue weighted by Crippen LogP contribution is 2.28. The third-order valence-electron chi connectivity index (χ3n) is 5.30. The maximum Gasteiger partial charge on any atom is 0.229 e. The maximum atomic E-state index is 4.61. The van der Waals surface area contributed by atoms with Gasteiger partial charge in [-0.15, -0.1) is 0 Å². The average molecular weight is 467 g/mol. The lowest BCUT2D eigenvalue weighted by molar-refractivity contribution is 0.949. The molecule has 1 aromatic carbocycles.